The molecule has 0 bridgehead atoms. The Hall–Kier alpha value is -5.57. The third-order valence-electron chi connectivity index (χ3n) is 11.2. The number of nitrogens with zero attached hydrogens (tertiary/aromatic N) is 3. The minimum Gasteiger partial charge on any atom is -0.507 e. The third-order valence-corrected chi connectivity index (χ3v) is 11.2. The number of aromatic nitrogens is 3. The van der Waals surface area contributed by atoms with Crippen LogP contribution < -0.4 is 0 Å². The van der Waals surface area contributed by atoms with Crippen molar-refractivity contribution in [1.29, 1.82) is 0 Å². The fourth-order valence-electron chi connectivity index (χ4n) is 7.62. The van der Waals surface area contributed by atoms with Gasteiger partial charge in [0.15, 0.2) is 0 Å². The van der Waals surface area contributed by atoms with E-state index in [4.69, 9.17) is 11.3 Å². The van der Waals surface area contributed by atoms with Crippen LogP contribution in [-0.2, 0) is 31.9 Å². The maximum atomic E-state index is 11.4. The van der Waals surface area contributed by atoms with Gasteiger partial charge < -0.3 is 5.11 Å². The number of hydrogen-bond donors (Lipinski definition) is 1. The third kappa shape index (κ3) is 8.34. The molecule has 59 heavy (non-hydrogen) atoms. The number of fused-ring (bicyclic) bond motifs is 1. The molecule has 1 N–H and O–H groups in total. The largest absolute Gasteiger partial charge is 0.507 e. The Bertz CT molecular complexity index is 2840. The van der Waals surface area contributed by atoms with Crippen LogP contribution in [0.5, 0.6) is 5.75 Å². The first-order valence-electron chi connectivity index (χ1n) is 20.6. The van der Waals surface area contributed by atoms with Crippen molar-refractivity contribution in [2.45, 2.75) is 79.0 Å². The van der Waals surface area contributed by atoms with Crippen molar-refractivity contribution in [3.8, 4) is 67.5 Å². The van der Waals surface area contributed by atoms with Crippen molar-refractivity contribution in [3.05, 3.63) is 168 Å². The first kappa shape index (κ1) is 40.2. The summed E-state index contributed by atoms with van der Waals surface area (Å²) in [6, 6.07) is 49.8. The van der Waals surface area contributed by atoms with Gasteiger partial charge in [0, 0.05) is 39.9 Å². The molecule has 0 atom stereocenters. The summed E-state index contributed by atoms with van der Waals surface area (Å²) in [6.07, 6.45) is 1.88. The number of aromatic hydroxyl groups is 1. The van der Waals surface area contributed by atoms with Gasteiger partial charge in [-0.05, 0) is 87.9 Å². The van der Waals surface area contributed by atoms with Gasteiger partial charge in [-0.25, -0.2) is 4.98 Å². The first-order chi connectivity index (χ1) is 28.0. The predicted octanol–water partition coefficient (Wildman–Crippen LogP) is 14.3. The Morgan fingerprint density at radius 2 is 1.31 bits per heavy atom. The summed E-state index contributed by atoms with van der Waals surface area (Å²) in [6.45, 7) is 19.3. The van der Waals surface area contributed by atoms with Crippen molar-refractivity contribution < 1.29 is 27.5 Å². The fraction of sp³-hybridized carbons (Fsp3) is 0.222. The van der Waals surface area contributed by atoms with E-state index in [9.17, 15) is 5.11 Å². The summed E-state index contributed by atoms with van der Waals surface area (Å²) in [5.41, 5.74) is 15.5. The predicted molar refractivity (Wildman–Crippen MR) is 243 cm³/mol. The molecule has 0 aliphatic rings. The number of aryl methyl sites for hydroxylation is 1. The Morgan fingerprint density at radius 1 is 0.644 bits per heavy atom. The van der Waals surface area contributed by atoms with Crippen LogP contribution in [0.3, 0.4) is 0 Å². The minimum absolute atomic E-state index is 0. The van der Waals surface area contributed by atoms with Crippen LogP contribution >= 0.6 is 0 Å². The van der Waals surface area contributed by atoms with Gasteiger partial charge in [0.2, 0.25) is 0 Å². The fourth-order valence-corrected chi connectivity index (χ4v) is 7.62. The summed E-state index contributed by atoms with van der Waals surface area (Å²) in [5.74, 6) is -0.0481. The second kappa shape index (κ2) is 16.2. The molecule has 5 heteroatoms. The average molecular weight is 955 g/mol. The van der Waals surface area contributed by atoms with Crippen LogP contribution in [0.15, 0.2) is 140 Å². The molecule has 8 aromatic rings. The average Bonchev–Trinajstić information content (AvgIpc) is 3.59. The van der Waals surface area contributed by atoms with Crippen LogP contribution in [-0.4, -0.2) is 19.6 Å². The molecule has 0 unspecified atom stereocenters. The zero-order chi connectivity index (χ0) is 41.9. The van der Waals surface area contributed by atoms with Crippen molar-refractivity contribution in [2.75, 3.05) is 0 Å². The van der Waals surface area contributed by atoms with E-state index in [1.807, 2.05) is 44.3 Å². The zero-order valence-corrected chi connectivity index (χ0v) is 37.7. The number of rotatable bonds is 7. The molecule has 4 nitrogen and oxygen atoms in total. The van der Waals surface area contributed by atoms with Gasteiger partial charge >= 0.3 is 0 Å². The molecule has 2 heterocycles. The summed E-state index contributed by atoms with van der Waals surface area (Å²) >= 11 is 0. The van der Waals surface area contributed by atoms with Crippen LogP contribution in [0.4, 0.5) is 0 Å². The van der Waals surface area contributed by atoms with E-state index in [0.29, 0.717) is 11.4 Å². The summed E-state index contributed by atoms with van der Waals surface area (Å²) < 4.78 is 11.2. The number of para-hydroxylation sites is 2. The summed E-state index contributed by atoms with van der Waals surface area (Å²) in [4.78, 5) is 10.3. The first-order valence-corrected chi connectivity index (χ1v) is 20.1. The number of hydrogen-bond acceptors (Lipinski definition) is 3. The van der Waals surface area contributed by atoms with E-state index >= 15 is 0 Å². The van der Waals surface area contributed by atoms with Crippen molar-refractivity contribution in [3.63, 3.8) is 0 Å². The van der Waals surface area contributed by atoms with Gasteiger partial charge in [0.05, 0.1) is 22.3 Å². The van der Waals surface area contributed by atoms with Gasteiger partial charge in [-0.2, -0.15) is 0 Å². The standard InChI is InChI=1S/C54H52N3O.Pt/c1-34(2)38-23-26-48(46(32-38)37-21-24-42(25-22-37)53(4,5)6)57-49-15-12-14-44(51(49)56-52(57)45-13-10-11-16-50(45)58)40-29-41(31-43(30-40)54(7,8)9)47-33-39(27-28-55-47)36-19-17-35(3)18-20-36;/h10-28,30-34,58H,1-9H3;/q-1;/i34D;. The second-order valence-corrected chi connectivity index (χ2v) is 17.8. The van der Waals surface area contributed by atoms with E-state index in [1.54, 1.807) is 6.07 Å². The molecule has 0 aliphatic heterocycles. The molecule has 0 amide bonds. The van der Waals surface area contributed by atoms with Gasteiger partial charge in [-0.15, -0.1) is 29.3 Å². The van der Waals surface area contributed by atoms with E-state index < -0.39 is 5.89 Å². The molecule has 300 valence electrons. The number of benzene rings is 6. The van der Waals surface area contributed by atoms with Gasteiger partial charge in [0.1, 0.15) is 11.6 Å². The van der Waals surface area contributed by atoms with Crippen molar-refractivity contribution in [1.82, 2.24) is 14.5 Å². The van der Waals surface area contributed by atoms with Crippen LogP contribution in [0.2, 0.25) is 0 Å². The SMILES string of the molecule is [2H]C(C)(C)c1ccc(-n2c(-c3ccccc3O)nc3c(-c4[c-]c(-c5cc(-c6ccc(C)cc6)ccn5)cc(C(C)(C)C)c4)cccc32)c(-c2ccc(C(C)(C)C)cc2)c1.[Pt]. The zero-order valence-electron chi connectivity index (χ0n) is 36.4. The molecule has 6 aromatic carbocycles. The number of phenolic OH excluding ortho intramolecular Hbond substituents is 1. The number of pyridine rings is 1. The molecule has 0 spiro atoms. The maximum Gasteiger partial charge on any atom is 0.148 e. The van der Waals surface area contributed by atoms with Gasteiger partial charge in [-0.3, -0.25) is 9.55 Å². The van der Waals surface area contributed by atoms with Crippen LogP contribution in [0.25, 0.3) is 72.7 Å². The van der Waals surface area contributed by atoms with E-state index in [0.717, 1.165) is 72.5 Å². The number of imidazole rings is 1. The minimum atomic E-state index is -0.816. The van der Waals surface area contributed by atoms with E-state index in [1.165, 1.54) is 11.1 Å². The molecule has 2 aromatic heterocycles. The molecule has 8 rings (SSSR count). The van der Waals surface area contributed by atoms with Gasteiger partial charge in [0.25, 0.3) is 0 Å². The summed E-state index contributed by atoms with van der Waals surface area (Å²) in [7, 11) is 0. The topological polar surface area (TPSA) is 50.9 Å². The van der Waals surface area contributed by atoms with Crippen LogP contribution in [0, 0.1) is 13.0 Å². The normalized spacial score (nSPS) is 12.3. The molecular weight excluding hydrogens is 902 g/mol. The number of phenols is 1. The monoisotopic (exact) mass is 954 g/mol. The van der Waals surface area contributed by atoms with Gasteiger partial charge in [-0.1, -0.05) is 157 Å². The maximum absolute atomic E-state index is 11.4. The molecule has 0 radical (unpaired) electrons. The van der Waals surface area contributed by atoms with Crippen molar-refractivity contribution >= 4 is 11.0 Å². The Labute approximate surface area is 365 Å². The molecular formula is C54H52N3OPt-. The smallest absolute Gasteiger partial charge is 0.148 e. The van der Waals surface area contributed by atoms with Crippen LogP contribution in [0.1, 0.15) is 84.9 Å². The molecule has 0 saturated carbocycles. The molecule has 0 fully saturated rings. The molecule has 0 aliphatic carbocycles. The molecule has 0 saturated heterocycles. The quantitative estimate of drug-likeness (QED) is 0.162. The Kier molecular flexibility index (Phi) is 11.1. The summed E-state index contributed by atoms with van der Waals surface area (Å²) in [5, 5.41) is 11.4. The second-order valence-electron chi connectivity index (χ2n) is 17.8. The van der Waals surface area contributed by atoms with E-state index in [-0.39, 0.29) is 37.6 Å². The Morgan fingerprint density at radius 3 is 1.98 bits per heavy atom. The van der Waals surface area contributed by atoms with Crippen molar-refractivity contribution in [2.24, 2.45) is 0 Å². The van der Waals surface area contributed by atoms with E-state index in [2.05, 4.69) is 162 Å². The Balaban J connectivity index is 0.00000544.